The minimum absolute atomic E-state index is 0. The Balaban J connectivity index is -0.000000325. The molecule has 58 heavy (non-hydrogen) atoms. The van der Waals surface area contributed by atoms with E-state index in [2.05, 4.69) is 186 Å². The average molecular weight is 1480 g/mol. The number of allylic oxidation sites excluding steroid dienone is 10. The van der Waals surface area contributed by atoms with Crippen LogP contribution in [0, 0.1) is 56.7 Å². The predicted molar refractivity (Wildman–Crippen MR) is 294 cm³/mol. The Morgan fingerprint density at radius 1 is 0.759 bits per heavy atom. The van der Waals surface area contributed by atoms with Gasteiger partial charge >= 0.3 is 56.6 Å². The van der Waals surface area contributed by atoms with Gasteiger partial charge in [0.1, 0.15) is 0 Å². The summed E-state index contributed by atoms with van der Waals surface area (Å²) in [4.78, 5) is 11.1. The van der Waals surface area contributed by atoms with Gasteiger partial charge in [-0.1, -0.05) is 72.9 Å². The quantitative estimate of drug-likeness (QED) is 0.0908. The molecule has 3 saturated carbocycles. The Hall–Kier alpha value is 1.29. The molecule has 6 nitrogen and oxygen atoms in total. The number of carbonyl (C=O) groups excluding carboxylic acids is 1. The Morgan fingerprint density at radius 3 is 1.50 bits per heavy atom. The number of amides is 1. The molecule has 3 rings (SSSR count). The molecule has 3 aliphatic rings. The second kappa shape index (κ2) is 38.7. The van der Waals surface area contributed by atoms with E-state index in [0.717, 1.165) is 56.7 Å². The fourth-order valence-corrected chi connectivity index (χ4v) is 6.42. The molecule has 0 radical (unpaired) electrons. The first kappa shape index (κ1) is 65.9. The van der Waals surface area contributed by atoms with Crippen LogP contribution < -0.4 is 24.3 Å². The van der Waals surface area contributed by atoms with E-state index >= 15 is 0 Å². The van der Waals surface area contributed by atoms with Gasteiger partial charge < -0.3 is 15.8 Å². The van der Waals surface area contributed by atoms with Crippen LogP contribution in [-0.2, 0) is 4.74 Å². The van der Waals surface area contributed by atoms with Crippen molar-refractivity contribution in [2.45, 2.75) is 161 Å². The van der Waals surface area contributed by atoms with Gasteiger partial charge in [-0.3, -0.25) is 0 Å². The van der Waals surface area contributed by atoms with Crippen molar-refractivity contribution in [1.82, 2.24) is 5.32 Å². The fourth-order valence-electron chi connectivity index (χ4n) is 6.42. The maximum atomic E-state index is 11.1. The summed E-state index contributed by atoms with van der Waals surface area (Å²) in [5.41, 5.74) is 13.7. The Bertz CT molecular complexity index is 1350. The van der Waals surface area contributed by atoms with Crippen molar-refractivity contribution in [3.05, 3.63) is 58.2 Å². The molecule has 338 valence electrons. The molecular weight excluding hydrogens is 1400 g/mol. The number of ether oxygens (including phenoxy) is 1. The van der Waals surface area contributed by atoms with Crippen LogP contribution in [-0.4, -0.2) is 25.8 Å². The van der Waals surface area contributed by atoms with Crippen molar-refractivity contribution in [3.8, 4) is 12.1 Å². The summed E-state index contributed by atoms with van der Waals surface area (Å²) in [6.07, 6.45) is 23.3. The Kier molecular flexibility index (Phi) is 44.0. The number of nitrogens with two attached hydrogens (primary N) is 1. The molecule has 0 heterocycles. The first-order valence-corrected chi connectivity index (χ1v) is 39.2. The van der Waals surface area contributed by atoms with Gasteiger partial charge in [-0.25, -0.2) is 4.79 Å². The number of nitrogens with zero attached hydrogens (tertiary/aromatic N) is 2. The Labute approximate surface area is 427 Å². The molecule has 0 spiro atoms. The van der Waals surface area contributed by atoms with Gasteiger partial charge in [0, 0.05) is 49.9 Å². The SMILES string of the molecule is CC(C)=CCC/C(C)=C/C#N.CC(C)=CCCC1(C)CC1C#N.CC(C)=CCCC1(C)CC1CN.CCOC(=O)NCC1CC1(C)CCC=C(C)C.I.II.I[I-]I. The van der Waals surface area contributed by atoms with E-state index in [1.807, 2.05) is 19.9 Å². The maximum absolute atomic E-state index is 11.1. The average Bonchev–Trinajstić information content (AvgIpc) is 4.08. The first-order valence-electron chi connectivity index (χ1n) is 20.3. The number of rotatable bonds is 16. The van der Waals surface area contributed by atoms with Crippen molar-refractivity contribution < 1.29 is 22.8 Å². The van der Waals surface area contributed by atoms with Crippen LogP contribution in [0.15, 0.2) is 58.2 Å². The molecule has 12 heteroatoms. The second-order valence-electron chi connectivity index (χ2n) is 17.4. The van der Waals surface area contributed by atoms with E-state index in [9.17, 15) is 4.79 Å². The topological polar surface area (TPSA) is 112 Å². The van der Waals surface area contributed by atoms with Gasteiger partial charge in [-0.2, -0.15) is 10.5 Å². The van der Waals surface area contributed by atoms with Gasteiger partial charge in [0.2, 0.25) is 0 Å². The third kappa shape index (κ3) is 36.7. The number of halogens is 6. The van der Waals surface area contributed by atoms with Crippen LogP contribution in [0.2, 0.25) is 0 Å². The summed E-state index contributed by atoms with van der Waals surface area (Å²) < 4.78 is 4.84. The third-order valence-electron chi connectivity index (χ3n) is 10.8. The van der Waals surface area contributed by atoms with Gasteiger partial charge in [-0.05, 0) is 174 Å². The molecule has 3 aliphatic carbocycles. The van der Waals surface area contributed by atoms with Gasteiger partial charge in [-0.15, -0.1) is 24.0 Å². The van der Waals surface area contributed by atoms with Crippen LogP contribution in [0.5, 0.6) is 0 Å². The second-order valence-corrected chi connectivity index (χ2v) is 33.7. The summed E-state index contributed by atoms with van der Waals surface area (Å²) in [6.45, 7) is 29.8. The zero-order valence-corrected chi connectivity index (χ0v) is 51.2. The van der Waals surface area contributed by atoms with Gasteiger partial charge in [0.15, 0.2) is 0 Å². The molecule has 0 bridgehead atoms. The van der Waals surface area contributed by atoms with Crippen molar-refractivity contribution in [3.63, 3.8) is 0 Å². The fraction of sp³-hybridized carbons (Fsp3) is 0.717. The molecule has 3 N–H and O–H groups in total. The number of nitrogens with one attached hydrogen (secondary N) is 1. The molecule has 1 amide bonds. The van der Waals surface area contributed by atoms with Crippen molar-refractivity contribution >= 4 is 105 Å². The summed E-state index contributed by atoms with van der Waals surface area (Å²) in [6, 6.07) is 4.37. The van der Waals surface area contributed by atoms with E-state index in [-0.39, 0.29) is 30.1 Å². The standard InChI is InChI=1S/C14H25NO2.C11H21N.C11H17N.C10H15N.I3.I2.HI/c1-5-17-13(16)15-10-12-9-14(12,4)8-6-7-11(2)3;2*1-9(2)5-4-6-11(3)7-10(11)8-12;1-9(2)5-4-6-10(3)7-8-11;1-3-2;1-2;/h7,12H,5-6,8-10H2,1-4H3,(H,15,16);5,10H,4,6-8,12H2,1-3H3;5,10H,4,6-7H2,1-3H3;5,7H,4,6H2,1-3H3;;;1H/q;;;;-1;;/b;;;10-7+;;;. The number of nitriles is 2. The molecule has 0 aliphatic heterocycles. The van der Waals surface area contributed by atoms with E-state index in [1.165, 1.54) is 60.8 Å². The zero-order valence-electron chi connectivity index (χ0n) is 38.1. The van der Waals surface area contributed by atoms with E-state index in [1.54, 1.807) is 6.08 Å². The number of hydrogen-bond acceptors (Lipinski definition) is 5. The van der Waals surface area contributed by atoms with Crippen LogP contribution in [0.1, 0.15) is 161 Å². The molecule has 0 aromatic heterocycles. The van der Waals surface area contributed by atoms with Crippen LogP contribution in [0.25, 0.3) is 0 Å². The van der Waals surface area contributed by atoms with Crippen LogP contribution in [0.4, 0.5) is 4.79 Å². The van der Waals surface area contributed by atoms with Gasteiger partial charge in [0.05, 0.1) is 24.7 Å². The molecular formula is C46H79I6N4O2-. The molecule has 6 atom stereocenters. The summed E-state index contributed by atoms with van der Waals surface area (Å²) >= 11 is 9.54. The number of carbonyl (C=O) groups is 1. The predicted octanol–water partition coefficient (Wildman–Crippen LogP) is 13.9. The first-order chi connectivity index (χ1) is 26.7. The molecule has 0 saturated heterocycles. The van der Waals surface area contributed by atoms with Crippen molar-refractivity contribution in [2.75, 3.05) is 19.7 Å². The summed E-state index contributed by atoms with van der Waals surface area (Å²) in [5.74, 6) is 1.77. The Morgan fingerprint density at radius 2 is 1.16 bits per heavy atom. The van der Waals surface area contributed by atoms with E-state index in [4.69, 9.17) is 21.0 Å². The normalized spacial score (nSPS) is 23.7. The summed E-state index contributed by atoms with van der Waals surface area (Å²) in [7, 11) is 0. The van der Waals surface area contributed by atoms with E-state index in [0.29, 0.717) is 47.9 Å². The monoisotopic (exact) mass is 1480 g/mol. The van der Waals surface area contributed by atoms with Crippen LogP contribution in [0.3, 0.4) is 0 Å². The molecule has 0 aromatic rings. The number of alkyl carbamates (subject to hydrolysis) is 1. The van der Waals surface area contributed by atoms with Crippen molar-refractivity contribution in [2.24, 2.45) is 39.7 Å². The third-order valence-corrected chi connectivity index (χ3v) is 10.8. The molecule has 3 fully saturated rings. The minimum atomic E-state index is -0.286. The molecule has 0 aromatic carbocycles. The molecule has 6 unspecified atom stereocenters. The van der Waals surface area contributed by atoms with Gasteiger partial charge in [0.25, 0.3) is 0 Å². The zero-order chi connectivity index (χ0) is 44.7. The van der Waals surface area contributed by atoms with Crippen molar-refractivity contribution in [1.29, 1.82) is 10.5 Å². The summed E-state index contributed by atoms with van der Waals surface area (Å²) in [5, 5.41) is 19.8. The number of hydrogen-bond donors (Lipinski definition) is 2. The van der Waals surface area contributed by atoms with E-state index < -0.39 is 0 Å². The van der Waals surface area contributed by atoms with Crippen LogP contribution >= 0.6 is 98.4 Å².